The Morgan fingerprint density at radius 3 is 2.71 bits per heavy atom. The molecule has 0 saturated heterocycles. The smallest absolute Gasteiger partial charge is 0.226 e. The molecule has 94 valence electrons. The first-order valence-corrected chi connectivity index (χ1v) is 6.14. The number of halogens is 3. The van der Waals surface area contributed by atoms with Crippen molar-refractivity contribution in [2.45, 2.75) is 22.4 Å². The van der Waals surface area contributed by atoms with Crippen LogP contribution in [0.5, 0.6) is 11.5 Å². The van der Waals surface area contributed by atoms with E-state index >= 15 is 0 Å². The van der Waals surface area contributed by atoms with Gasteiger partial charge in [-0.25, -0.2) is 0 Å². The van der Waals surface area contributed by atoms with Gasteiger partial charge in [0.05, 0.1) is 13.2 Å². The lowest BCUT2D eigenvalue weighted by Crippen LogP contribution is -2.36. The first-order chi connectivity index (χ1) is 7.91. The topological polar surface area (TPSA) is 38.7 Å². The molecule has 2 rings (SSSR count). The van der Waals surface area contributed by atoms with Gasteiger partial charge in [-0.15, -0.1) is 0 Å². The van der Waals surface area contributed by atoms with Crippen molar-refractivity contribution in [2.24, 2.45) is 0 Å². The summed E-state index contributed by atoms with van der Waals surface area (Å²) in [5, 5.41) is 9.96. The average molecular weight is 298 g/mol. The molecule has 1 aromatic rings. The summed E-state index contributed by atoms with van der Waals surface area (Å²) >= 11 is 17.3. The Morgan fingerprint density at radius 1 is 1.41 bits per heavy atom. The molecule has 6 heteroatoms. The third-order valence-electron chi connectivity index (χ3n) is 2.65. The van der Waals surface area contributed by atoms with Gasteiger partial charge in [-0.1, -0.05) is 34.8 Å². The number of methoxy groups -OCH3 is 1. The summed E-state index contributed by atoms with van der Waals surface area (Å²) in [5.74, 6) is 1.11. The maximum Gasteiger partial charge on any atom is 0.226 e. The van der Waals surface area contributed by atoms with Crippen LogP contribution in [0.1, 0.15) is 18.1 Å². The van der Waals surface area contributed by atoms with E-state index in [1.54, 1.807) is 25.3 Å². The molecule has 1 aliphatic heterocycles. The zero-order valence-electron chi connectivity index (χ0n) is 8.99. The fourth-order valence-electron chi connectivity index (χ4n) is 1.75. The van der Waals surface area contributed by atoms with Gasteiger partial charge in [0.15, 0.2) is 0 Å². The van der Waals surface area contributed by atoms with Crippen molar-refractivity contribution in [2.75, 3.05) is 7.11 Å². The molecule has 0 radical (unpaired) electrons. The standard InChI is InChI=1S/C11H11Cl3O3/c1-16-6-2-3-7-8(15)5-10(11(12,13)14)17-9(7)4-6/h2-4,8,10,15H,5H2,1H3/t8-,10-/m0/s1. The summed E-state index contributed by atoms with van der Waals surface area (Å²) in [5.41, 5.74) is 0.677. The monoisotopic (exact) mass is 296 g/mol. The first kappa shape index (κ1) is 13.1. The number of benzene rings is 1. The molecular weight excluding hydrogens is 286 g/mol. The van der Waals surface area contributed by atoms with Crippen molar-refractivity contribution in [3.63, 3.8) is 0 Å². The Bertz CT molecular complexity index is 417. The number of aliphatic hydroxyl groups excluding tert-OH is 1. The molecule has 0 amide bonds. The molecule has 2 atom stereocenters. The van der Waals surface area contributed by atoms with E-state index in [0.717, 1.165) is 0 Å². The third kappa shape index (κ3) is 2.74. The van der Waals surface area contributed by atoms with Crippen molar-refractivity contribution in [1.29, 1.82) is 0 Å². The number of aliphatic hydroxyl groups is 1. The number of fused-ring (bicyclic) bond motifs is 1. The van der Waals surface area contributed by atoms with Crippen LogP contribution in [0, 0.1) is 0 Å². The fraction of sp³-hybridized carbons (Fsp3) is 0.455. The molecule has 1 aromatic carbocycles. The minimum absolute atomic E-state index is 0.246. The minimum atomic E-state index is -1.57. The van der Waals surface area contributed by atoms with Gasteiger partial charge < -0.3 is 14.6 Å². The fourth-order valence-corrected chi connectivity index (χ4v) is 2.15. The van der Waals surface area contributed by atoms with Crippen LogP contribution in [0.4, 0.5) is 0 Å². The van der Waals surface area contributed by atoms with Gasteiger partial charge in [-0.05, 0) is 12.1 Å². The van der Waals surface area contributed by atoms with Crippen molar-refractivity contribution >= 4 is 34.8 Å². The Labute approximate surface area is 114 Å². The zero-order chi connectivity index (χ0) is 12.6. The maximum atomic E-state index is 9.96. The summed E-state index contributed by atoms with van der Waals surface area (Å²) in [6.45, 7) is 0. The van der Waals surface area contributed by atoms with Gasteiger partial charge >= 0.3 is 0 Å². The molecule has 0 fully saturated rings. The summed E-state index contributed by atoms with van der Waals surface area (Å²) in [4.78, 5) is 0. The molecule has 0 unspecified atom stereocenters. The van der Waals surface area contributed by atoms with E-state index in [1.807, 2.05) is 0 Å². The summed E-state index contributed by atoms with van der Waals surface area (Å²) < 4.78 is 9.08. The van der Waals surface area contributed by atoms with Gasteiger partial charge in [0, 0.05) is 18.1 Å². The Hall–Kier alpha value is -0.350. The summed E-state index contributed by atoms with van der Waals surface area (Å²) in [6.07, 6.45) is -1.14. The molecule has 1 heterocycles. The van der Waals surface area contributed by atoms with Gasteiger partial charge in [0.2, 0.25) is 3.79 Å². The van der Waals surface area contributed by atoms with Crippen LogP contribution in [0.15, 0.2) is 18.2 Å². The van der Waals surface area contributed by atoms with Gasteiger partial charge in [0.25, 0.3) is 0 Å². The number of rotatable bonds is 1. The summed E-state index contributed by atoms with van der Waals surface area (Å²) in [7, 11) is 1.55. The highest BCUT2D eigenvalue weighted by Gasteiger charge is 2.40. The first-order valence-electron chi connectivity index (χ1n) is 5.01. The largest absolute Gasteiger partial charge is 0.497 e. The van der Waals surface area contributed by atoms with Crippen LogP contribution in [-0.2, 0) is 0 Å². The van der Waals surface area contributed by atoms with Crippen LogP contribution >= 0.6 is 34.8 Å². The van der Waals surface area contributed by atoms with E-state index in [9.17, 15) is 5.11 Å². The van der Waals surface area contributed by atoms with Crippen molar-refractivity contribution < 1.29 is 14.6 Å². The van der Waals surface area contributed by atoms with Crippen LogP contribution in [-0.4, -0.2) is 22.1 Å². The lowest BCUT2D eigenvalue weighted by molar-refractivity contribution is 0.0676. The molecular formula is C11H11Cl3O3. The van der Waals surface area contributed by atoms with E-state index < -0.39 is 16.0 Å². The molecule has 1 aliphatic rings. The minimum Gasteiger partial charge on any atom is -0.497 e. The van der Waals surface area contributed by atoms with Gasteiger partial charge in [-0.2, -0.15) is 0 Å². The van der Waals surface area contributed by atoms with E-state index in [-0.39, 0.29) is 6.42 Å². The molecule has 17 heavy (non-hydrogen) atoms. The number of ether oxygens (including phenoxy) is 2. The Kier molecular flexibility index (Phi) is 3.64. The number of hydrogen-bond acceptors (Lipinski definition) is 3. The lowest BCUT2D eigenvalue weighted by Gasteiger charge is -2.33. The third-order valence-corrected chi connectivity index (χ3v) is 3.38. The SMILES string of the molecule is COc1ccc2c(c1)O[C@H](C(Cl)(Cl)Cl)C[C@@H]2O. The average Bonchev–Trinajstić information content (AvgIpc) is 2.27. The second kappa shape index (κ2) is 4.73. The maximum absolute atomic E-state index is 9.96. The molecule has 0 saturated carbocycles. The van der Waals surface area contributed by atoms with Crippen molar-refractivity contribution in [1.82, 2.24) is 0 Å². The normalized spacial score (nSPS) is 23.8. The van der Waals surface area contributed by atoms with Gasteiger partial charge in [0.1, 0.15) is 17.6 Å². The molecule has 0 aliphatic carbocycles. The van der Waals surface area contributed by atoms with Gasteiger partial charge in [-0.3, -0.25) is 0 Å². The predicted octanol–water partition coefficient (Wildman–Crippen LogP) is 3.25. The number of alkyl halides is 3. The molecule has 0 spiro atoms. The highest BCUT2D eigenvalue weighted by Crippen LogP contribution is 2.44. The Balaban J connectivity index is 2.34. The van der Waals surface area contributed by atoms with Crippen molar-refractivity contribution in [3.05, 3.63) is 23.8 Å². The Morgan fingerprint density at radius 2 is 2.12 bits per heavy atom. The van der Waals surface area contributed by atoms with Crippen LogP contribution in [0.25, 0.3) is 0 Å². The number of hydrogen-bond donors (Lipinski definition) is 1. The second-order valence-corrected chi connectivity index (χ2v) is 6.17. The van der Waals surface area contributed by atoms with E-state index in [1.165, 1.54) is 0 Å². The van der Waals surface area contributed by atoms with E-state index in [0.29, 0.717) is 17.1 Å². The molecule has 0 aromatic heterocycles. The zero-order valence-corrected chi connectivity index (χ0v) is 11.3. The molecule has 0 bridgehead atoms. The van der Waals surface area contributed by atoms with E-state index in [2.05, 4.69) is 0 Å². The second-order valence-electron chi connectivity index (χ2n) is 3.80. The van der Waals surface area contributed by atoms with Crippen molar-refractivity contribution in [3.8, 4) is 11.5 Å². The summed E-state index contributed by atoms with van der Waals surface area (Å²) in [6, 6.07) is 5.16. The quantitative estimate of drug-likeness (QED) is 0.809. The van der Waals surface area contributed by atoms with Crippen LogP contribution in [0.2, 0.25) is 0 Å². The molecule has 3 nitrogen and oxygen atoms in total. The van der Waals surface area contributed by atoms with Crippen LogP contribution < -0.4 is 9.47 Å². The van der Waals surface area contributed by atoms with E-state index in [4.69, 9.17) is 44.3 Å². The highest BCUT2D eigenvalue weighted by molar-refractivity contribution is 6.68. The van der Waals surface area contributed by atoms with Crippen LogP contribution in [0.3, 0.4) is 0 Å². The lowest BCUT2D eigenvalue weighted by atomic mass is 9.99. The predicted molar refractivity (Wildman–Crippen MR) is 67.3 cm³/mol. The molecule has 1 N–H and O–H groups in total. The highest BCUT2D eigenvalue weighted by atomic mass is 35.6.